The summed E-state index contributed by atoms with van der Waals surface area (Å²) in [5, 5.41) is 10.6. The molecule has 1 unspecified atom stereocenters. The van der Waals surface area contributed by atoms with Crippen molar-refractivity contribution in [2.45, 2.75) is 84.2 Å². The molecule has 0 bridgehead atoms. The van der Waals surface area contributed by atoms with Crippen LogP contribution >= 0.6 is 0 Å². The van der Waals surface area contributed by atoms with Crippen molar-refractivity contribution in [1.82, 2.24) is 0 Å². The van der Waals surface area contributed by atoms with Gasteiger partial charge in [0.15, 0.2) is 0 Å². The van der Waals surface area contributed by atoms with E-state index in [1.807, 2.05) is 19.1 Å². The van der Waals surface area contributed by atoms with E-state index in [0.29, 0.717) is 25.4 Å². The van der Waals surface area contributed by atoms with Crippen LogP contribution in [0.5, 0.6) is 0 Å². The number of aliphatic hydroxyl groups is 1. The lowest BCUT2D eigenvalue weighted by Crippen LogP contribution is -2.27. The molecule has 1 N–H and O–H groups in total. The number of hydrogen-bond acceptors (Lipinski definition) is 4. The Labute approximate surface area is 164 Å². The van der Waals surface area contributed by atoms with Crippen LogP contribution in [0.3, 0.4) is 0 Å². The molecule has 4 heteroatoms. The van der Waals surface area contributed by atoms with E-state index >= 15 is 0 Å². The zero-order valence-electron chi connectivity index (χ0n) is 17.0. The molecule has 0 saturated heterocycles. The van der Waals surface area contributed by atoms with Gasteiger partial charge in [0.1, 0.15) is 5.78 Å². The fourth-order valence-electron chi connectivity index (χ4n) is 4.58. The summed E-state index contributed by atoms with van der Waals surface area (Å²) < 4.78 is 4.95. The van der Waals surface area contributed by atoms with E-state index < -0.39 is 6.10 Å². The quantitative estimate of drug-likeness (QED) is 0.321. The second kappa shape index (κ2) is 11.4. The highest BCUT2D eigenvalue weighted by Crippen LogP contribution is 2.49. The summed E-state index contributed by atoms with van der Waals surface area (Å²) in [5.74, 6) is 0.546. The molecule has 0 spiro atoms. The first-order chi connectivity index (χ1) is 13.1. The highest BCUT2D eigenvalue weighted by atomic mass is 16.5. The van der Waals surface area contributed by atoms with Crippen molar-refractivity contribution in [2.75, 3.05) is 6.61 Å². The van der Waals surface area contributed by atoms with E-state index in [2.05, 4.69) is 13.0 Å². The van der Waals surface area contributed by atoms with Crippen molar-refractivity contribution in [1.29, 1.82) is 0 Å². The largest absolute Gasteiger partial charge is 0.466 e. The molecule has 2 fully saturated rings. The van der Waals surface area contributed by atoms with Crippen LogP contribution in [0.1, 0.15) is 78.1 Å². The lowest BCUT2D eigenvalue weighted by molar-refractivity contribution is -0.143. The highest BCUT2D eigenvalue weighted by Gasteiger charge is 2.48. The Bertz CT molecular complexity index is 549. The third-order valence-corrected chi connectivity index (χ3v) is 5.92. The first kappa shape index (κ1) is 21.9. The highest BCUT2D eigenvalue weighted by molar-refractivity contribution is 5.85. The Kier molecular flexibility index (Phi) is 9.26. The number of aliphatic hydroxyl groups excluding tert-OH is 1. The van der Waals surface area contributed by atoms with E-state index in [0.717, 1.165) is 38.5 Å². The second-order valence-corrected chi connectivity index (χ2v) is 8.00. The molecule has 0 amide bonds. The third-order valence-electron chi connectivity index (χ3n) is 5.92. The maximum absolute atomic E-state index is 12.4. The zero-order chi connectivity index (χ0) is 19.6. The van der Waals surface area contributed by atoms with Crippen LogP contribution in [0.2, 0.25) is 0 Å². The predicted octanol–water partition coefficient (Wildman–Crippen LogP) is 4.76. The number of unbranched alkanes of at least 4 members (excludes halogenated alkanes) is 4. The SMILES string of the molecule is CCCCC/C=C/C(O)[C@H]1C(=O)C[C@@H]2C/C(=C/CCCC(=O)OCC)C[C@@H]21. The van der Waals surface area contributed by atoms with Gasteiger partial charge in [-0.3, -0.25) is 9.59 Å². The molecule has 152 valence electrons. The Morgan fingerprint density at radius 3 is 2.74 bits per heavy atom. The van der Waals surface area contributed by atoms with E-state index in [-0.39, 0.29) is 23.6 Å². The van der Waals surface area contributed by atoms with E-state index in [1.165, 1.54) is 18.4 Å². The minimum atomic E-state index is -0.641. The lowest BCUT2D eigenvalue weighted by atomic mass is 9.87. The summed E-state index contributed by atoms with van der Waals surface area (Å²) in [6.45, 7) is 4.44. The van der Waals surface area contributed by atoms with Gasteiger partial charge in [-0.05, 0) is 57.3 Å². The topological polar surface area (TPSA) is 63.6 Å². The number of esters is 1. The molecular formula is C23H36O4. The van der Waals surface area contributed by atoms with Crippen LogP contribution in [0, 0.1) is 17.8 Å². The Balaban J connectivity index is 1.81. The van der Waals surface area contributed by atoms with Crippen LogP contribution < -0.4 is 0 Å². The van der Waals surface area contributed by atoms with E-state index in [4.69, 9.17) is 4.74 Å². The maximum Gasteiger partial charge on any atom is 0.305 e. The molecule has 2 aliphatic carbocycles. The number of Topliss-reactive ketones (excluding diaryl/α,β-unsaturated/α-hetero) is 1. The number of fused-ring (bicyclic) bond motifs is 1. The molecule has 0 aromatic carbocycles. The van der Waals surface area contributed by atoms with Gasteiger partial charge in [0.2, 0.25) is 0 Å². The van der Waals surface area contributed by atoms with Gasteiger partial charge in [-0.1, -0.05) is 43.6 Å². The number of ketones is 1. The molecule has 0 aromatic rings. The molecule has 2 aliphatic rings. The Hall–Kier alpha value is -1.42. The average Bonchev–Trinajstić information content (AvgIpc) is 3.14. The van der Waals surface area contributed by atoms with Gasteiger partial charge in [-0.15, -0.1) is 0 Å². The fourth-order valence-corrected chi connectivity index (χ4v) is 4.58. The van der Waals surface area contributed by atoms with E-state index in [9.17, 15) is 14.7 Å². The summed E-state index contributed by atoms with van der Waals surface area (Å²) in [5.41, 5.74) is 1.39. The number of ether oxygens (including phenoxy) is 1. The third kappa shape index (κ3) is 6.60. The lowest BCUT2D eigenvalue weighted by Gasteiger charge is -2.20. The van der Waals surface area contributed by atoms with Crippen LogP contribution in [0.25, 0.3) is 0 Å². The molecular weight excluding hydrogens is 340 g/mol. The predicted molar refractivity (Wildman–Crippen MR) is 107 cm³/mol. The molecule has 4 nitrogen and oxygen atoms in total. The standard InChI is InChI=1S/C23H36O4/c1-3-5-6-7-8-12-20(24)23-19-15-17(14-18(19)16-21(23)25)11-9-10-13-22(26)27-4-2/h8,11-12,18-20,23-24H,3-7,9-10,13-16H2,1-2H3/b12-8+,17-11-/t18-,19-,20?,23-/m0/s1. The molecule has 0 aromatic heterocycles. The van der Waals surface area contributed by atoms with Crippen molar-refractivity contribution in [2.24, 2.45) is 17.8 Å². The van der Waals surface area contributed by atoms with Crippen LogP contribution in [0.15, 0.2) is 23.8 Å². The Morgan fingerprint density at radius 1 is 1.19 bits per heavy atom. The smallest absolute Gasteiger partial charge is 0.305 e. The maximum atomic E-state index is 12.4. The Morgan fingerprint density at radius 2 is 2.00 bits per heavy atom. The minimum Gasteiger partial charge on any atom is -0.466 e. The summed E-state index contributed by atoms with van der Waals surface area (Å²) in [7, 11) is 0. The number of hydrogen-bond donors (Lipinski definition) is 1. The number of rotatable bonds is 11. The molecule has 0 radical (unpaired) electrons. The minimum absolute atomic E-state index is 0.126. The van der Waals surface area contributed by atoms with Gasteiger partial charge in [0, 0.05) is 12.8 Å². The van der Waals surface area contributed by atoms with Crippen molar-refractivity contribution in [3.63, 3.8) is 0 Å². The van der Waals surface area contributed by atoms with Crippen molar-refractivity contribution >= 4 is 11.8 Å². The molecule has 2 rings (SSSR count). The normalized spacial score (nSPS) is 27.4. The fraction of sp³-hybridized carbons (Fsp3) is 0.739. The van der Waals surface area contributed by atoms with Gasteiger partial charge in [0.05, 0.1) is 18.6 Å². The summed E-state index contributed by atoms with van der Waals surface area (Å²) in [4.78, 5) is 23.8. The van der Waals surface area contributed by atoms with Crippen LogP contribution in [0.4, 0.5) is 0 Å². The molecule has 2 saturated carbocycles. The van der Waals surface area contributed by atoms with Gasteiger partial charge in [-0.25, -0.2) is 0 Å². The molecule has 0 aliphatic heterocycles. The zero-order valence-corrected chi connectivity index (χ0v) is 17.0. The van der Waals surface area contributed by atoms with Crippen molar-refractivity contribution in [3.05, 3.63) is 23.8 Å². The van der Waals surface area contributed by atoms with Gasteiger partial charge >= 0.3 is 5.97 Å². The molecule has 0 heterocycles. The van der Waals surface area contributed by atoms with Gasteiger partial charge in [0.25, 0.3) is 0 Å². The summed E-state index contributed by atoms with van der Waals surface area (Å²) >= 11 is 0. The first-order valence-corrected chi connectivity index (χ1v) is 10.8. The van der Waals surface area contributed by atoms with E-state index in [1.54, 1.807) is 0 Å². The monoisotopic (exact) mass is 376 g/mol. The first-order valence-electron chi connectivity index (χ1n) is 10.8. The number of allylic oxidation sites excluding steroid dienone is 3. The number of carbonyl (C=O) groups excluding carboxylic acids is 2. The van der Waals surface area contributed by atoms with Crippen LogP contribution in [-0.4, -0.2) is 29.6 Å². The van der Waals surface area contributed by atoms with Gasteiger partial charge < -0.3 is 9.84 Å². The average molecular weight is 377 g/mol. The van der Waals surface area contributed by atoms with Crippen LogP contribution in [-0.2, 0) is 14.3 Å². The van der Waals surface area contributed by atoms with Crippen molar-refractivity contribution in [3.8, 4) is 0 Å². The summed E-state index contributed by atoms with van der Waals surface area (Å²) in [6.07, 6.45) is 14.7. The van der Waals surface area contributed by atoms with Gasteiger partial charge in [-0.2, -0.15) is 0 Å². The number of carbonyl (C=O) groups is 2. The van der Waals surface area contributed by atoms with Crippen molar-refractivity contribution < 1.29 is 19.4 Å². The second-order valence-electron chi connectivity index (χ2n) is 8.00. The molecule has 4 atom stereocenters. The molecule has 27 heavy (non-hydrogen) atoms. The summed E-state index contributed by atoms with van der Waals surface area (Å²) in [6, 6.07) is 0.